The number of aromatic nitrogens is 1. The molecule has 1 N–H and O–H groups in total. The van der Waals surface area contributed by atoms with Crippen molar-refractivity contribution in [2.24, 2.45) is 0 Å². The smallest absolute Gasteiger partial charge is 0.412 e. The number of carbonyl (C=O) groups is 2. The number of nitrogens with one attached hydrogen (secondary N) is 1. The van der Waals surface area contributed by atoms with Crippen LogP contribution in [0.1, 0.15) is 55.2 Å². The van der Waals surface area contributed by atoms with E-state index in [1.54, 1.807) is 38.1 Å². The average Bonchev–Trinajstić information content (AvgIpc) is 3.72. The van der Waals surface area contributed by atoms with E-state index in [1.165, 1.54) is 0 Å². The lowest BCUT2D eigenvalue weighted by molar-refractivity contribution is -0.146. The van der Waals surface area contributed by atoms with Gasteiger partial charge in [0.05, 0.1) is 23.7 Å². The molecule has 5 rings (SSSR count). The van der Waals surface area contributed by atoms with Crippen LogP contribution in [0.25, 0.3) is 22.5 Å². The Kier molecular flexibility index (Phi) is 7.39. The molecule has 0 saturated heterocycles. The average molecular weight is 536 g/mol. The van der Waals surface area contributed by atoms with Crippen molar-refractivity contribution in [1.29, 1.82) is 5.26 Å². The van der Waals surface area contributed by atoms with Crippen LogP contribution in [0.4, 0.5) is 10.5 Å². The number of anilines is 1. The zero-order valence-corrected chi connectivity index (χ0v) is 22.6. The molecular formula is C32H29N3O5. The van der Waals surface area contributed by atoms with Gasteiger partial charge in [0.1, 0.15) is 17.5 Å². The van der Waals surface area contributed by atoms with E-state index in [4.69, 9.17) is 14.0 Å². The lowest BCUT2D eigenvalue weighted by Gasteiger charge is -2.15. The maximum atomic E-state index is 12.7. The summed E-state index contributed by atoms with van der Waals surface area (Å²) in [6.45, 7) is 5.65. The first-order valence-corrected chi connectivity index (χ1v) is 13.2. The van der Waals surface area contributed by atoms with E-state index in [2.05, 4.69) is 16.5 Å². The third-order valence-electron chi connectivity index (χ3n) is 7.23. The Morgan fingerprint density at radius 3 is 2.27 bits per heavy atom. The van der Waals surface area contributed by atoms with Gasteiger partial charge in [-0.05, 0) is 56.4 Å². The molecule has 1 unspecified atom stereocenters. The summed E-state index contributed by atoms with van der Waals surface area (Å²) in [6, 6.07) is 24.8. The van der Waals surface area contributed by atoms with Gasteiger partial charge >= 0.3 is 12.1 Å². The maximum Gasteiger partial charge on any atom is 0.412 e. The molecule has 1 aromatic heterocycles. The summed E-state index contributed by atoms with van der Waals surface area (Å²) in [7, 11) is 0. The summed E-state index contributed by atoms with van der Waals surface area (Å²) in [6.07, 6.45) is 0.317. The Morgan fingerprint density at radius 1 is 1.02 bits per heavy atom. The fourth-order valence-corrected chi connectivity index (χ4v) is 4.82. The molecule has 1 atom stereocenters. The molecule has 1 aliphatic rings. The molecule has 1 heterocycles. The standard InChI is InChI=1S/C32H29N3O5/c1-4-38-30(36)32(17-18-32)26-15-13-23(14-16-26)22-9-11-24(12-10-22)29-28(20(2)35-40-29)34-31(37)39-21(3)27-8-6-5-7-25(27)19-33/h5-16,21H,4,17-18H2,1-3H3,(H,34,37). The molecule has 1 amide bonds. The number of hydrogen-bond acceptors (Lipinski definition) is 7. The number of ether oxygens (including phenoxy) is 2. The van der Waals surface area contributed by atoms with Gasteiger partial charge < -0.3 is 14.0 Å². The molecule has 0 radical (unpaired) electrons. The van der Waals surface area contributed by atoms with Gasteiger partial charge in [-0.3, -0.25) is 10.1 Å². The number of rotatable bonds is 8. The van der Waals surface area contributed by atoms with Crippen molar-refractivity contribution in [3.63, 3.8) is 0 Å². The molecule has 4 aromatic rings. The van der Waals surface area contributed by atoms with Crippen LogP contribution in [0.3, 0.4) is 0 Å². The summed E-state index contributed by atoms with van der Waals surface area (Å²) < 4.78 is 16.4. The lowest BCUT2D eigenvalue weighted by atomic mass is 9.93. The van der Waals surface area contributed by atoms with Crippen molar-refractivity contribution in [2.75, 3.05) is 11.9 Å². The number of nitriles is 1. The molecule has 1 fully saturated rings. The van der Waals surface area contributed by atoms with Crippen molar-refractivity contribution in [3.8, 4) is 28.5 Å². The van der Waals surface area contributed by atoms with Crippen LogP contribution < -0.4 is 5.32 Å². The Labute approximate surface area is 232 Å². The normalized spacial score (nSPS) is 14.1. The van der Waals surface area contributed by atoms with E-state index in [0.29, 0.717) is 34.9 Å². The molecule has 0 aliphatic heterocycles. The van der Waals surface area contributed by atoms with E-state index < -0.39 is 17.6 Å². The first kappa shape index (κ1) is 26.7. The zero-order chi connectivity index (χ0) is 28.3. The van der Waals surface area contributed by atoms with Crippen LogP contribution in [0.2, 0.25) is 0 Å². The van der Waals surface area contributed by atoms with E-state index in [9.17, 15) is 14.9 Å². The first-order chi connectivity index (χ1) is 19.4. The number of esters is 1. The van der Waals surface area contributed by atoms with Crippen molar-refractivity contribution in [1.82, 2.24) is 5.16 Å². The first-order valence-electron chi connectivity index (χ1n) is 13.2. The van der Waals surface area contributed by atoms with E-state index >= 15 is 0 Å². The van der Waals surface area contributed by atoms with Crippen molar-refractivity contribution < 1.29 is 23.6 Å². The number of amides is 1. The fourth-order valence-electron chi connectivity index (χ4n) is 4.82. The van der Waals surface area contributed by atoms with Gasteiger partial charge in [-0.2, -0.15) is 5.26 Å². The molecule has 1 saturated carbocycles. The SMILES string of the molecule is CCOC(=O)C1(c2ccc(-c3ccc(-c4onc(C)c4NC(=O)OC(C)c4ccccc4C#N)cc3)cc2)CC1. The number of hydrogen-bond donors (Lipinski definition) is 1. The molecule has 0 spiro atoms. The monoisotopic (exact) mass is 535 g/mol. The lowest BCUT2D eigenvalue weighted by Crippen LogP contribution is -2.23. The van der Waals surface area contributed by atoms with Crippen LogP contribution in [0.15, 0.2) is 77.3 Å². The van der Waals surface area contributed by atoms with Crippen LogP contribution in [-0.4, -0.2) is 23.8 Å². The topological polar surface area (TPSA) is 114 Å². The molecular weight excluding hydrogens is 506 g/mol. The summed E-state index contributed by atoms with van der Waals surface area (Å²) >= 11 is 0. The molecule has 40 heavy (non-hydrogen) atoms. The zero-order valence-electron chi connectivity index (χ0n) is 22.6. The van der Waals surface area contributed by atoms with Gasteiger partial charge in [0.15, 0.2) is 5.76 Å². The highest BCUT2D eigenvalue weighted by atomic mass is 16.6. The number of aryl methyl sites for hydroxylation is 1. The molecule has 202 valence electrons. The van der Waals surface area contributed by atoms with Gasteiger partial charge in [0, 0.05) is 11.1 Å². The predicted molar refractivity (Wildman–Crippen MR) is 149 cm³/mol. The van der Waals surface area contributed by atoms with Crippen LogP contribution >= 0.6 is 0 Å². The van der Waals surface area contributed by atoms with Crippen molar-refractivity contribution in [2.45, 2.75) is 45.1 Å². The fraction of sp³-hybridized carbons (Fsp3) is 0.250. The molecule has 3 aromatic carbocycles. The van der Waals surface area contributed by atoms with Gasteiger partial charge in [0.2, 0.25) is 0 Å². The minimum Gasteiger partial charge on any atom is -0.465 e. The number of nitrogens with zero attached hydrogens (tertiary/aromatic N) is 2. The van der Waals surface area contributed by atoms with E-state index in [-0.39, 0.29) is 5.97 Å². The second kappa shape index (κ2) is 11.1. The highest BCUT2D eigenvalue weighted by molar-refractivity contribution is 5.91. The van der Waals surface area contributed by atoms with Crippen LogP contribution in [0.5, 0.6) is 0 Å². The Morgan fingerprint density at radius 2 is 1.65 bits per heavy atom. The molecule has 0 bridgehead atoms. The predicted octanol–water partition coefficient (Wildman–Crippen LogP) is 7.09. The summed E-state index contributed by atoms with van der Waals surface area (Å²) in [4.78, 5) is 25.1. The third-order valence-corrected chi connectivity index (χ3v) is 7.23. The summed E-state index contributed by atoms with van der Waals surface area (Å²) in [5.41, 5.74) is 5.22. The Hall–Kier alpha value is -4.90. The van der Waals surface area contributed by atoms with E-state index in [0.717, 1.165) is 35.1 Å². The number of benzene rings is 3. The van der Waals surface area contributed by atoms with Crippen molar-refractivity contribution in [3.05, 3.63) is 95.2 Å². The van der Waals surface area contributed by atoms with Crippen LogP contribution in [0, 0.1) is 18.3 Å². The highest BCUT2D eigenvalue weighted by Gasteiger charge is 2.52. The van der Waals surface area contributed by atoms with Gasteiger partial charge in [-0.25, -0.2) is 4.79 Å². The van der Waals surface area contributed by atoms with E-state index in [1.807, 2.05) is 55.5 Å². The van der Waals surface area contributed by atoms with Crippen molar-refractivity contribution >= 4 is 17.7 Å². The highest BCUT2D eigenvalue weighted by Crippen LogP contribution is 2.49. The van der Waals surface area contributed by atoms with Crippen LogP contribution in [-0.2, 0) is 19.7 Å². The maximum absolute atomic E-state index is 12.7. The minimum absolute atomic E-state index is 0.149. The molecule has 1 aliphatic carbocycles. The Balaban J connectivity index is 1.29. The second-order valence-electron chi connectivity index (χ2n) is 9.80. The number of carbonyl (C=O) groups excluding carboxylic acids is 2. The summed E-state index contributed by atoms with van der Waals surface area (Å²) in [5.74, 6) is 0.260. The molecule has 8 nitrogen and oxygen atoms in total. The minimum atomic E-state index is -0.680. The Bertz CT molecular complexity index is 1580. The van der Waals surface area contributed by atoms with Gasteiger partial charge in [-0.15, -0.1) is 0 Å². The third kappa shape index (κ3) is 5.19. The molecule has 8 heteroatoms. The second-order valence-corrected chi connectivity index (χ2v) is 9.80. The quantitative estimate of drug-likeness (QED) is 0.239. The van der Waals surface area contributed by atoms with Gasteiger partial charge in [-0.1, -0.05) is 71.9 Å². The summed E-state index contributed by atoms with van der Waals surface area (Å²) in [5, 5.41) is 16.1. The largest absolute Gasteiger partial charge is 0.465 e. The van der Waals surface area contributed by atoms with Gasteiger partial charge in [0.25, 0.3) is 0 Å².